The van der Waals surface area contributed by atoms with Crippen molar-refractivity contribution >= 4 is 17.7 Å². The number of carbonyl (C=O) groups is 3. The van der Waals surface area contributed by atoms with Gasteiger partial charge in [-0.1, -0.05) is 12.7 Å². The van der Waals surface area contributed by atoms with Crippen molar-refractivity contribution in [3.63, 3.8) is 0 Å². The van der Waals surface area contributed by atoms with Crippen molar-refractivity contribution in [1.82, 2.24) is 0 Å². The molecule has 0 aromatic rings. The van der Waals surface area contributed by atoms with Crippen LogP contribution in [0.4, 0.5) is 0 Å². The van der Waals surface area contributed by atoms with E-state index >= 15 is 0 Å². The van der Waals surface area contributed by atoms with Crippen LogP contribution in [0.1, 0.15) is 27.2 Å². The monoisotopic (exact) mass is 374 g/mol. The second-order valence-corrected chi connectivity index (χ2v) is 7.10. The third-order valence-corrected chi connectivity index (χ3v) is 5.24. The first kappa shape index (κ1) is 19.1. The van der Waals surface area contributed by atoms with Crippen molar-refractivity contribution in [3.05, 3.63) is 47.3 Å². The molecule has 0 spiro atoms. The van der Waals surface area contributed by atoms with E-state index in [0.29, 0.717) is 11.1 Å². The van der Waals surface area contributed by atoms with Gasteiger partial charge in [-0.25, -0.2) is 9.59 Å². The Balaban J connectivity index is 2.07. The number of ketones is 1. The topological polar surface area (TPSA) is 99.1 Å². The first-order chi connectivity index (χ1) is 12.7. The van der Waals surface area contributed by atoms with Gasteiger partial charge in [0.25, 0.3) is 0 Å². The average Bonchev–Trinajstić information content (AvgIpc) is 3.08. The highest BCUT2D eigenvalue weighted by molar-refractivity contribution is 6.00. The first-order valence-electron chi connectivity index (χ1n) is 8.71. The highest BCUT2D eigenvalue weighted by Gasteiger charge is 2.52. The van der Waals surface area contributed by atoms with E-state index in [1.165, 1.54) is 12.2 Å². The van der Waals surface area contributed by atoms with Gasteiger partial charge in [0.1, 0.15) is 18.0 Å². The highest BCUT2D eigenvalue weighted by atomic mass is 16.6. The Morgan fingerprint density at radius 3 is 2.81 bits per heavy atom. The van der Waals surface area contributed by atoms with Crippen molar-refractivity contribution in [2.45, 2.75) is 45.0 Å². The minimum atomic E-state index is -1.28. The molecule has 1 saturated heterocycles. The van der Waals surface area contributed by atoms with Crippen LogP contribution in [0.15, 0.2) is 47.3 Å². The predicted octanol–water partition coefficient (Wildman–Crippen LogP) is 1.53. The minimum absolute atomic E-state index is 0.0257. The van der Waals surface area contributed by atoms with Crippen LogP contribution in [-0.2, 0) is 28.6 Å². The summed E-state index contributed by atoms with van der Waals surface area (Å²) in [6.07, 6.45) is 2.83. The third-order valence-electron chi connectivity index (χ3n) is 5.24. The van der Waals surface area contributed by atoms with E-state index in [0.717, 1.165) is 0 Å². The molecule has 1 N–H and O–H groups in total. The van der Waals surface area contributed by atoms with E-state index in [9.17, 15) is 19.5 Å². The Morgan fingerprint density at radius 1 is 1.48 bits per heavy atom. The standard InChI is InChI=1S/C20H22O7/c1-5-10(2)18(23)26-15-8-20(4)16(22)7-13(27-20)12(9-21)6-14-17(15)11(3)19(24)25-14/h5-7,14-15,17,21H,3,8-9H2,1-2,4H3/b10-5+,12-6-/t14-,15-,17-,20-/m1/s1. The van der Waals surface area contributed by atoms with Crippen molar-refractivity contribution in [2.24, 2.45) is 5.92 Å². The van der Waals surface area contributed by atoms with E-state index in [-0.39, 0.29) is 23.5 Å². The van der Waals surface area contributed by atoms with Gasteiger partial charge in [-0.15, -0.1) is 0 Å². The van der Waals surface area contributed by atoms with Crippen LogP contribution in [0.2, 0.25) is 0 Å². The second-order valence-electron chi connectivity index (χ2n) is 7.10. The van der Waals surface area contributed by atoms with Crippen LogP contribution in [0.3, 0.4) is 0 Å². The van der Waals surface area contributed by atoms with E-state index in [4.69, 9.17) is 14.2 Å². The fourth-order valence-electron chi connectivity index (χ4n) is 3.46. The molecule has 0 amide bonds. The second kappa shape index (κ2) is 6.81. The number of hydrogen-bond donors (Lipinski definition) is 1. The van der Waals surface area contributed by atoms with E-state index < -0.39 is 42.3 Å². The molecule has 3 rings (SSSR count). The number of rotatable bonds is 3. The van der Waals surface area contributed by atoms with Gasteiger partial charge in [0.15, 0.2) is 5.60 Å². The van der Waals surface area contributed by atoms with Crippen LogP contribution >= 0.6 is 0 Å². The van der Waals surface area contributed by atoms with Gasteiger partial charge in [0, 0.05) is 29.2 Å². The molecule has 0 aromatic carbocycles. The molecule has 0 aliphatic carbocycles. The summed E-state index contributed by atoms with van der Waals surface area (Å²) < 4.78 is 16.8. The molecule has 3 aliphatic rings. The Morgan fingerprint density at radius 2 is 2.19 bits per heavy atom. The van der Waals surface area contributed by atoms with E-state index in [1.54, 1.807) is 26.8 Å². The van der Waals surface area contributed by atoms with Gasteiger partial charge in [0.2, 0.25) is 5.78 Å². The van der Waals surface area contributed by atoms with Crippen molar-refractivity contribution in [3.8, 4) is 0 Å². The lowest BCUT2D eigenvalue weighted by Gasteiger charge is -2.31. The molecule has 0 unspecified atom stereocenters. The number of fused-ring (bicyclic) bond motifs is 3. The maximum atomic E-state index is 12.5. The van der Waals surface area contributed by atoms with Crippen LogP contribution in [0, 0.1) is 5.92 Å². The molecule has 0 radical (unpaired) electrons. The molecular formula is C20H22O7. The molecule has 7 nitrogen and oxygen atoms in total. The highest BCUT2D eigenvalue weighted by Crippen LogP contribution is 2.42. The lowest BCUT2D eigenvalue weighted by molar-refractivity contribution is -0.153. The molecule has 7 heteroatoms. The summed E-state index contributed by atoms with van der Waals surface area (Å²) in [4.78, 5) is 37.0. The van der Waals surface area contributed by atoms with Crippen LogP contribution < -0.4 is 0 Å². The normalized spacial score (nSPS) is 35.0. The zero-order valence-electron chi connectivity index (χ0n) is 15.5. The Bertz CT molecular complexity index is 816. The largest absolute Gasteiger partial charge is 0.479 e. The first-order valence-corrected chi connectivity index (χ1v) is 8.71. The Labute approximate surface area is 157 Å². The van der Waals surface area contributed by atoms with Gasteiger partial charge >= 0.3 is 11.9 Å². The zero-order valence-corrected chi connectivity index (χ0v) is 15.5. The van der Waals surface area contributed by atoms with Gasteiger partial charge < -0.3 is 19.3 Å². The van der Waals surface area contributed by atoms with E-state index in [2.05, 4.69) is 6.58 Å². The molecule has 0 aromatic heterocycles. The molecule has 27 heavy (non-hydrogen) atoms. The number of carbonyl (C=O) groups excluding carboxylic acids is 3. The molecule has 2 bridgehead atoms. The number of hydrogen-bond acceptors (Lipinski definition) is 7. The number of esters is 2. The molecule has 3 aliphatic heterocycles. The number of aliphatic hydroxyl groups is 1. The molecule has 144 valence electrons. The predicted molar refractivity (Wildman–Crippen MR) is 94.2 cm³/mol. The number of aliphatic hydroxyl groups excluding tert-OH is 1. The van der Waals surface area contributed by atoms with Crippen molar-refractivity contribution in [2.75, 3.05) is 6.61 Å². The van der Waals surface area contributed by atoms with Crippen LogP contribution in [0.25, 0.3) is 0 Å². The summed E-state index contributed by atoms with van der Waals surface area (Å²) in [6.45, 7) is 8.31. The summed E-state index contributed by atoms with van der Waals surface area (Å²) in [5.74, 6) is -1.90. The molecule has 3 heterocycles. The zero-order chi connectivity index (χ0) is 19.9. The SMILES string of the molecule is C=C1C(=O)O[C@@H]2/C=C(/CO)C3=CC(=O)[C@@](C)(C[C@@H](OC(=O)/C(C)=C/C)[C@H]12)O3. The third kappa shape index (κ3) is 3.23. The summed E-state index contributed by atoms with van der Waals surface area (Å²) in [6, 6.07) is 0. The molecule has 1 fully saturated rings. The molecule has 4 atom stereocenters. The van der Waals surface area contributed by atoms with Gasteiger partial charge in [-0.2, -0.15) is 0 Å². The lowest BCUT2D eigenvalue weighted by atomic mass is 9.82. The van der Waals surface area contributed by atoms with Crippen molar-refractivity contribution in [1.29, 1.82) is 0 Å². The quantitative estimate of drug-likeness (QED) is 0.591. The summed E-state index contributed by atoms with van der Waals surface area (Å²) >= 11 is 0. The fourth-order valence-corrected chi connectivity index (χ4v) is 3.46. The minimum Gasteiger partial charge on any atom is -0.479 e. The number of ether oxygens (including phenoxy) is 3. The lowest BCUT2D eigenvalue weighted by Crippen LogP contribution is -2.42. The van der Waals surface area contributed by atoms with Crippen molar-refractivity contribution < 1.29 is 33.7 Å². The fraction of sp³-hybridized carbons (Fsp3) is 0.450. The van der Waals surface area contributed by atoms with Crippen LogP contribution in [0.5, 0.6) is 0 Å². The summed E-state index contributed by atoms with van der Waals surface area (Å²) in [7, 11) is 0. The maximum Gasteiger partial charge on any atom is 0.334 e. The van der Waals surface area contributed by atoms with Gasteiger partial charge in [0.05, 0.1) is 12.5 Å². The molecular weight excluding hydrogens is 352 g/mol. The van der Waals surface area contributed by atoms with Crippen LogP contribution in [-0.4, -0.2) is 47.2 Å². The smallest absolute Gasteiger partial charge is 0.334 e. The number of allylic oxidation sites excluding steroid dienone is 1. The van der Waals surface area contributed by atoms with Gasteiger partial charge in [-0.05, 0) is 26.8 Å². The van der Waals surface area contributed by atoms with E-state index in [1.807, 2.05) is 0 Å². The summed E-state index contributed by atoms with van der Waals surface area (Å²) in [5, 5.41) is 9.70. The Hall–Kier alpha value is -2.67. The average molecular weight is 374 g/mol. The summed E-state index contributed by atoms with van der Waals surface area (Å²) in [5.41, 5.74) is -0.385. The molecule has 0 saturated carbocycles. The van der Waals surface area contributed by atoms with Gasteiger partial charge in [-0.3, -0.25) is 4.79 Å². The Kier molecular flexibility index (Phi) is 4.82. The maximum absolute atomic E-state index is 12.5.